The van der Waals surface area contributed by atoms with E-state index in [0.717, 1.165) is 6.54 Å². The first-order chi connectivity index (χ1) is 8.50. The zero-order valence-corrected chi connectivity index (χ0v) is 12.6. The van der Waals surface area contributed by atoms with Crippen LogP contribution in [-0.2, 0) is 6.42 Å². The van der Waals surface area contributed by atoms with Crippen LogP contribution < -0.4 is 4.90 Å². The van der Waals surface area contributed by atoms with E-state index in [4.69, 9.17) is 0 Å². The van der Waals surface area contributed by atoms with Crippen molar-refractivity contribution in [1.29, 1.82) is 0 Å². The maximum absolute atomic E-state index is 4.27. The van der Waals surface area contributed by atoms with E-state index in [9.17, 15) is 0 Å². The number of anilines is 1. The van der Waals surface area contributed by atoms with Crippen LogP contribution in [0.1, 0.15) is 46.6 Å². The van der Waals surface area contributed by atoms with Crippen LogP contribution in [0.3, 0.4) is 0 Å². The van der Waals surface area contributed by atoms with Crippen molar-refractivity contribution in [3.63, 3.8) is 0 Å². The molecular weight excluding hydrogens is 218 g/mol. The van der Waals surface area contributed by atoms with Crippen molar-refractivity contribution in [3.8, 4) is 0 Å². The second-order valence-electron chi connectivity index (χ2n) is 5.58. The van der Waals surface area contributed by atoms with E-state index in [1.165, 1.54) is 29.8 Å². The van der Waals surface area contributed by atoms with Crippen molar-refractivity contribution in [2.24, 2.45) is 5.41 Å². The molecule has 1 nitrogen and oxygen atoms in total. The molecular formula is C17H27N. The molecule has 0 saturated heterocycles. The van der Waals surface area contributed by atoms with Crippen LogP contribution in [-0.4, -0.2) is 6.54 Å². The normalized spacial score (nSPS) is 14.4. The molecule has 0 fully saturated rings. The second kappa shape index (κ2) is 6.08. The van der Waals surface area contributed by atoms with Crippen molar-refractivity contribution >= 4 is 5.69 Å². The molecule has 1 heteroatoms. The first-order valence-electron chi connectivity index (χ1n) is 7.05. The molecule has 1 aromatic rings. The van der Waals surface area contributed by atoms with Crippen molar-refractivity contribution in [2.45, 2.75) is 47.5 Å². The second-order valence-corrected chi connectivity index (χ2v) is 5.58. The van der Waals surface area contributed by atoms with Gasteiger partial charge in [0, 0.05) is 23.3 Å². The van der Waals surface area contributed by atoms with Gasteiger partial charge in [-0.3, -0.25) is 0 Å². The fourth-order valence-corrected chi connectivity index (χ4v) is 2.22. The van der Waals surface area contributed by atoms with E-state index < -0.39 is 0 Å². The monoisotopic (exact) mass is 245 g/mol. The molecule has 18 heavy (non-hydrogen) atoms. The summed E-state index contributed by atoms with van der Waals surface area (Å²) in [6.07, 6.45) is 2.43. The Balaban J connectivity index is 0.000000771. The number of hydrogen-bond acceptors (Lipinski definition) is 1. The third-order valence-corrected chi connectivity index (χ3v) is 3.30. The molecule has 1 aliphatic heterocycles. The highest BCUT2D eigenvalue weighted by atomic mass is 15.2. The quantitative estimate of drug-likeness (QED) is 0.671. The molecule has 0 atom stereocenters. The van der Waals surface area contributed by atoms with Gasteiger partial charge in [-0.25, -0.2) is 0 Å². The number of allylic oxidation sites excluding steroid dienone is 1. The van der Waals surface area contributed by atoms with Crippen molar-refractivity contribution < 1.29 is 0 Å². The van der Waals surface area contributed by atoms with Crippen molar-refractivity contribution in [3.05, 3.63) is 42.1 Å². The van der Waals surface area contributed by atoms with Crippen LogP contribution in [0.4, 0.5) is 5.69 Å². The summed E-state index contributed by atoms with van der Waals surface area (Å²) in [5.41, 5.74) is 4.18. The van der Waals surface area contributed by atoms with Gasteiger partial charge >= 0.3 is 0 Å². The Kier molecular flexibility index (Phi) is 5.01. The summed E-state index contributed by atoms with van der Waals surface area (Å²) >= 11 is 0. The molecule has 1 heterocycles. The Hall–Kier alpha value is -1.24. The lowest BCUT2D eigenvalue weighted by Gasteiger charge is -2.38. The highest BCUT2D eigenvalue weighted by Gasteiger charge is 2.25. The summed E-state index contributed by atoms with van der Waals surface area (Å²) in [5, 5.41) is 0. The highest BCUT2D eigenvalue weighted by molar-refractivity contribution is 5.59. The minimum absolute atomic E-state index is 0.143. The number of para-hydroxylation sites is 1. The number of nitrogens with zero attached hydrogens (tertiary/aromatic N) is 1. The largest absolute Gasteiger partial charge is 0.345 e. The Morgan fingerprint density at radius 2 is 1.78 bits per heavy atom. The molecule has 0 bridgehead atoms. The summed E-state index contributed by atoms with van der Waals surface area (Å²) in [5.74, 6) is 0. The average Bonchev–Trinajstić information content (AvgIpc) is 2.38. The summed E-state index contributed by atoms with van der Waals surface area (Å²) in [4.78, 5) is 2.39. The van der Waals surface area contributed by atoms with Crippen LogP contribution in [0.5, 0.6) is 0 Å². The van der Waals surface area contributed by atoms with Gasteiger partial charge in [0.15, 0.2) is 0 Å². The molecule has 100 valence electrons. The number of aryl methyl sites for hydroxylation is 1. The fraction of sp³-hybridized carbons (Fsp3) is 0.529. The zero-order chi connectivity index (χ0) is 13.8. The van der Waals surface area contributed by atoms with Crippen LogP contribution in [0.15, 0.2) is 36.5 Å². The Labute approximate surface area is 113 Å². The Morgan fingerprint density at radius 3 is 2.39 bits per heavy atom. The van der Waals surface area contributed by atoms with E-state index in [1.807, 2.05) is 13.8 Å². The summed E-state index contributed by atoms with van der Waals surface area (Å²) in [6.45, 7) is 16.1. The molecule has 0 radical (unpaired) electrons. The van der Waals surface area contributed by atoms with Gasteiger partial charge < -0.3 is 4.90 Å². The average molecular weight is 245 g/mol. The number of rotatable bonds is 1. The van der Waals surface area contributed by atoms with Crippen LogP contribution >= 0.6 is 0 Å². The minimum Gasteiger partial charge on any atom is -0.345 e. The third kappa shape index (κ3) is 3.16. The molecule has 0 spiro atoms. The first kappa shape index (κ1) is 14.8. The Morgan fingerprint density at radius 1 is 1.17 bits per heavy atom. The summed E-state index contributed by atoms with van der Waals surface area (Å²) < 4.78 is 0. The maximum Gasteiger partial charge on any atom is 0.0440 e. The molecule has 0 saturated carbocycles. The summed E-state index contributed by atoms with van der Waals surface area (Å²) in [7, 11) is 0. The smallest absolute Gasteiger partial charge is 0.0440 e. The topological polar surface area (TPSA) is 3.24 Å². The van der Waals surface area contributed by atoms with Crippen LogP contribution in [0, 0.1) is 5.41 Å². The van der Waals surface area contributed by atoms with Gasteiger partial charge in [-0.15, -0.1) is 0 Å². The molecule has 1 aliphatic rings. The molecule has 2 rings (SSSR count). The van der Waals surface area contributed by atoms with Gasteiger partial charge in [0.25, 0.3) is 0 Å². The number of hydrogen-bond donors (Lipinski definition) is 0. The van der Waals surface area contributed by atoms with Crippen LogP contribution in [0.2, 0.25) is 0 Å². The highest BCUT2D eigenvalue weighted by Crippen LogP contribution is 2.35. The van der Waals surface area contributed by atoms with E-state index in [-0.39, 0.29) is 5.41 Å². The molecule has 0 aliphatic carbocycles. The fourth-order valence-electron chi connectivity index (χ4n) is 2.22. The number of benzene rings is 1. The lowest BCUT2D eigenvalue weighted by molar-refractivity contribution is 0.479. The predicted octanol–water partition coefficient (Wildman–Crippen LogP) is 5.03. The third-order valence-electron chi connectivity index (χ3n) is 3.30. The SMILES string of the molecule is C=C(N1CCCc2ccccc21)C(C)(C)C.CC. The molecule has 0 N–H and O–H groups in total. The van der Waals surface area contributed by atoms with Crippen molar-refractivity contribution in [2.75, 3.05) is 11.4 Å². The van der Waals surface area contributed by atoms with Gasteiger partial charge in [0.2, 0.25) is 0 Å². The lowest BCUT2D eigenvalue weighted by Crippen LogP contribution is -2.33. The van der Waals surface area contributed by atoms with E-state index in [2.05, 4.69) is 56.5 Å². The minimum atomic E-state index is 0.143. The summed E-state index contributed by atoms with van der Waals surface area (Å²) in [6, 6.07) is 8.69. The van der Waals surface area contributed by atoms with Gasteiger partial charge in [0.05, 0.1) is 0 Å². The Bertz CT molecular complexity index is 398. The van der Waals surface area contributed by atoms with E-state index in [0.29, 0.717) is 0 Å². The zero-order valence-electron chi connectivity index (χ0n) is 12.6. The van der Waals surface area contributed by atoms with Crippen molar-refractivity contribution in [1.82, 2.24) is 0 Å². The van der Waals surface area contributed by atoms with Crippen LogP contribution in [0.25, 0.3) is 0 Å². The molecule has 1 aromatic carbocycles. The molecule has 0 amide bonds. The van der Waals surface area contributed by atoms with Gasteiger partial charge in [-0.1, -0.05) is 59.4 Å². The predicted molar refractivity (Wildman–Crippen MR) is 82.1 cm³/mol. The van der Waals surface area contributed by atoms with E-state index >= 15 is 0 Å². The van der Waals surface area contributed by atoms with E-state index in [1.54, 1.807) is 0 Å². The molecule has 0 aromatic heterocycles. The maximum atomic E-state index is 4.27. The first-order valence-corrected chi connectivity index (χ1v) is 7.05. The molecule has 0 unspecified atom stereocenters. The van der Waals surface area contributed by atoms with Gasteiger partial charge in [-0.2, -0.15) is 0 Å². The lowest BCUT2D eigenvalue weighted by atomic mass is 9.89. The number of fused-ring (bicyclic) bond motifs is 1. The van der Waals surface area contributed by atoms with Gasteiger partial charge in [0.1, 0.15) is 0 Å². The van der Waals surface area contributed by atoms with Gasteiger partial charge in [-0.05, 0) is 24.5 Å². The standard InChI is InChI=1S/C15H21N.C2H6/c1-12(15(2,3)4)16-11-7-9-13-8-5-6-10-14(13)16;1-2/h5-6,8,10H,1,7,9,11H2,2-4H3;1-2H3.